The molecule has 0 spiro atoms. The van der Waals surface area contributed by atoms with E-state index in [9.17, 15) is 22.4 Å². The lowest BCUT2D eigenvalue weighted by atomic mass is 10.2. The number of halogens is 1. The zero-order chi connectivity index (χ0) is 18.4. The molecule has 0 bridgehead atoms. The minimum Gasteiger partial charge on any atom is -0.342 e. The fourth-order valence-electron chi connectivity index (χ4n) is 2.72. The van der Waals surface area contributed by atoms with Gasteiger partial charge in [-0.2, -0.15) is 0 Å². The number of nitrogens with zero attached hydrogens (tertiary/aromatic N) is 1. The molecule has 1 saturated heterocycles. The van der Waals surface area contributed by atoms with Gasteiger partial charge in [0.05, 0.1) is 17.5 Å². The number of nitrogens with one attached hydrogen (secondary N) is 1. The minimum atomic E-state index is -3.01. The first-order valence-electron chi connectivity index (χ1n) is 7.89. The van der Waals surface area contributed by atoms with E-state index in [-0.39, 0.29) is 24.1 Å². The maximum Gasteiger partial charge on any atom is 0.244 e. The van der Waals surface area contributed by atoms with Gasteiger partial charge < -0.3 is 10.1 Å². The Kier molecular flexibility index (Phi) is 6.44. The van der Waals surface area contributed by atoms with Crippen molar-refractivity contribution in [1.29, 1.82) is 0 Å². The first-order valence-corrected chi connectivity index (χ1v) is 9.71. The number of sulfone groups is 1. The number of aldehydes is 1. The second kappa shape index (κ2) is 8.35. The molecule has 1 amide bonds. The maximum atomic E-state index is 13.1. The van der Waals surface area contributed by atoms with E-state index in [1.807, 2.05) is 0 Å². The van der Waals surface area contributed by atoms with Crippen molar-refractivity contribution in [2.45, 2.75) is 18.5 Å². The molecule has 1 aliphatic rings. The van der Waals surface area contributed by atoms with Crippen molar-refractivity contribution in [3.63, 3.8) is 0 Å². The molecule has 2 atom stereocenters. The van der Waals surface area contributed by atoms with E-state index in [0.717, 1.165) is 0 Å². The summed E-state index contributed by atoms with van der Waals surface area (Å²) in [6, 6.07) is 4.88. The minimum absolute atomic E-state index is 0.0719. The van der Waals surface area contributed by atoms with E-state index in [4.69, 9.17) is 0 Å². The van der Waals surface area contributed by atoms with E-state index in [0.29, 0.717) is 18.3 Å². The lowest BCUT2D eigenvalue weighted by Gasteiger charge is -2.25. The van der Waals surface area contributed by atoms with Crippen molar-refractivity contribution in [3.05, 3.63) is 41.7 Å². The molecule has 6 nitrogen and oxygen atoms in total. The Morgan fingerprint density at radius 2 is 2.24 bits per heavy atom. The summed E-state index contributed by atoms with van der Waals surface area (Å²) in [6.45, 7) is 0.225. The summed E-state index contributed by atoms with van der Waals surface area (Å²) in [5.74, 6) is -0.658. The summed E-state index contributed by atoms with van der Waals surface area (Å²) >= 11 is 0. The molecule has 25 heavy (non-hydrogen) atoms. The van der Waals surface area contributed by atoms with E-state index >= 15 is 0 Å². The van der Waals surface area contributed by atoms with Crippen LogP contribution in [0.3, 0.4) is 0 Å². The summed E-state index contributed by atoms with van der Waals surface area (Å²) in [5.41, 5.74) is 0.533. The Morgan fingerprint density at radius 3 is 2.84 bits per heavy atom. The maximum absolute atomic E-state index is 13.1. The van der Waals surface area contributed by atoms with Crippen molar-refractivity contribution in [1.82, 2.24) is 10.2 Å². The van der Waals surface area contributed by atoms with Crippen LogP contribution < -0.4 is 5.32 Å². The van der Waals surface area contributed by atoms with Crippen LogP contribution in [0.5, 0.6) is 0 Å². The quantitative estimate of drug-likeness (QED) is 0.564. The van der Waals surface area contributed by atoms with Gasteiger partial charge in [0.25, 0.3) is 0 Å². The standard InChI is InChI=1S/C17H21FN2O4S/c1-20(16-7-8-25(23,24)12-16)10-15(11-21)19-17(22)6-5-13-3-2-4-14(18)9-13/h2-6,9,11,15-16H,7-8,10,12H2,1H3,(H,19,22). The van der Waals surface area contributed by atoms with Crippen LogP contribution in [-0.2, 0) is 19.4 Å². The third kappa shape index (κ3) is 6.06. The van der Waals surface area contributed by atoms with E-state index in [1.165, 1.54) is 30.4 Å². The number of hydrogen-bond acceptors (Lipinski definition) is 5. The van der Waals surface area contributed by atoms with Gasteiger partial charge in [0.15, 0.2) is 9.84 Å². The molecule has 1 N–H and O–H groups in total. The highest BCUT2D eigenvalue weighted by atomic mass is 32.2. The molecule has 2 rings (SSSR count). The fraction of sp³-hybridized carbons (Fsp3) is 0.412. The predicted octanol–water partition coefficient (Wildman–Crippen LogP) is 0.642. The molecule has 1 fully saturated rings. The van der Waals surface area contributed by atoms with E-state index < -0.39 is 27.6 Å². The number of carbonyl (C=O) groups excluding carboxylic acids is 2. The Balaban J connectivity index is 1.88. The molecule has 0 aliphatic carbocycles. The molecule has 1 aliphatic heterocycles. The van der Waals surface area contributed by atoms with Crippen molar-refractivity contribution in [2.24, 2.45) is 0 Å². The number of likely N-dealkylation sites (N-methyl/N-ethyl adjacent to an activating group) is 1. The second-order valence-corrected chi connectivity index (χ2v) is 8.36. The molecule has 0 saturated carbocycles. The molecule has 1 heterocycles. The van der Waals surface area contributed by atoms with Crippen LogP contribution in [0.15, 0.2) is 30.3 Å². The van der Waals surface area contributed by atoms with Crippen molar-refractivity contribution in [3.8, 4) is 0 Å². The van der Waals surface area contributed by atoms with Crippen LogP contribution in [0.2, 0.25) is 0 Å². The first kappa shape index (κ1) is 19.3. The Bertz CT molecular complexity index is 764. The SMILES string of the molecule is CN(CC(C=O)NC(=O)C=Cc1cccc(F)c1)C1CCS(=O)(=O)C1. The number of rotatable bonds is 7. The van der Waals surface area contributed by atoms with Crippen LogP contribution in [0.4, 0.5) is 4.39 Å². The second-order valence-electron chi connectivity index (χ2n) is 6.14. The van der Waals surface area contributed by atoms with Crippen molar-refractivity contribution >= 4 is 28.1 Å². The highest BCUT2D eigenvalue weighted by Crippen LogP contribution is 2.16. The smallest absolute Gasteiger partial charge is 0.244 e. The topological polar surface area (TPSA) is 83.6 Å². The summed E-state index contributed by atoms with van der Waals surface area (Å²) in [5, 5.41) is 2.55. The summed E-state index contributed by atoms with van der Waals surface area (Å²) in [6.07, 6.45) is 3.82. The molecular formula is C17H21FN2O4S. The molecular weight excluding hydrogens is 347 g/mol. The Morgan fingerprint density at radius 1 is 1.48 bits per heavy atom. The average Bonchev–Trinajstić information content (AvgIpc) is 2.92. The van der Waals surface area contributed by atoms with Crippen LogP contribution in [-0.4, -0.2) is 62.7 Å². The van der Waals surface area contributed by atoms with Gasteiger partial charge in [-0.05, 0) is 37.2 Å². The number of carbonyl (C=O) groups is 2. The first-order chi connectivity index (χ1) is 11.8. The largest absolute Gasteiger partial charge is 0.342 e. The van der Waals surface area contributed by atoms with Gasteiger partial charge in [-0.15, -0.1) is 0 Å². The summed E-state index contributed by atoms with van der Waals surface area (Å²) in [7, 11) is -1.28. The number of amides is 1. The van der Waals surface area contributed by atoms with E-state index in [1.54, 1.807) is 18.0 Å². The lowest BCUT2D eigenvalue weighted by molar-refractivity contribution is -0.120. The van der Waals surface area contributed by atoms with Gasteiger partial charge in [0, 0.05) is 18.7 Å². The third-order valence-corrected chi connectivity index (χ3v) is 5.83. The monoisotopic (exact) mass is 368 g/mol. The number of benzene rings is 1. The van der Waals surface area contributed by atoms with Gasteiger partial charge in [0.2, 0.25) is 5.91 Å². The molecule has 8 heteroatoms. The van der Waals surface area contributed by atoms with Crippen molar-refractivity contribution in [2.75, 3.05) is 25.1 Å². The van der Waals surface area contributed by atoms with Crippen molar-refractivity contribution < 1.29 is 22.4 Å². The highest BCUT2D eigenvalue weighted by Gasteiger charge is 2.31. The van der Waals surface area contributed by atoms with Gasteiger partial charge in [-0.3, -0.25) is 9.69 Å². The zero-order valence-corrected chi connectivity index (χ0v) is 14.7. The molecule has 136 valence electrons. The van der Waals surface area contributed by atoms with Crippen LogP contribution >= 0.6 is 0 Å². The molecule has 1 aromatic carbocycles. The Hall–Kier alpha value is -2.06. The normalized spacial score (nSPS) is 20.7. The third-order valence-electron chi connectivity index (χ3n) is 4.08. The molecule has 2 unspecified atom stereocenters. The number of hydrogen-bond donors (Lipinski definition) is 1. The lowest BCUT2D eigenvalue weighted by Crippen LogP contribution is -2.46. The fourth-order valence-corrected chi connectivity index (χ4v) is 4.52. The van der Waals surface area contributed by atoms with Gasteiger partial charge in [-0.25, -0.2) is 12.8 Å². The van der Waals surface area contributed by atoms with Gasteiger partial charge in [0.1, 0.15) is 12.1 Å². The summed E-state index contributed by atoms with van der Waals surface area (Å²) < 4.78 is 36.1. The molecule has 0 aromatic heterocycles. The Labute approximate surface area is 146 Å². The zero-order valence-electron chi connectivity index (χ0n) is 13.9. The van der Waals surface area contributed by atoms with Crippen LogP contribution in [0.1, 0.15) is 12.0 Å². The molecule has 1 aromatic rings. The highest BCUT2D eigenvalue weighted by molar-refractivity contribution is 7.91. The molecule has 0 radical (unpaired) electrons. The summed E-state index contributed by atoms with van der Waals surface area (Å²) in [4.78, 5) is 24.9. The van der Waals surface area contributed by atoms with Gasteiger partial charge in [-0.1, -0.05) is 12.1 Å². The van der Waals surface area contributed by atoms with Gasteiger partial charge >= 0.3 is 0 Å². The predicted molar refractivity (Wildman–Crippen MR) is 93.1 cm³/mol. The van der Waals surface area contributed by atoms with E-state index in [2.05, 4.69) is 5.32 Å². The van der Waals surface area contributed by atoms with Crippen LogP contribution in [0, 0.1) is 5.82 Å². The van der Waals surface area contributed by atoms with Crippen LogP contribution in [0.25, 0.3) is 6.08 Å². The average molecular weight is 368 g/mol.